The highest BCUT2D eigenvalue weighted by atomic mass is 35.5. The van der Waals surface area contributed by atoms with E-state index in [1.54, 1.807) is 104 Å². The quantitative estimate of drug-likeness (QED) is 0.187. The molecule has 0 fully saturated rings. The van der Waals surface area contributed by atoms with E-state index in [9.17, 15) is 13.2 Å². The molecular formula is C29H25Cl2N3O3S. The van der Waals surface area contributed by atoms with Crippen molar-refractivity contribution >= 4 is 50.5 Å². The number of sulfonamides is 1. The van der Waals surface area contributed by atoms with Gasteiger partial charge in [-0.3, -0.25) is 9.10 Å². The monoisotopic (exact) mass is 565 g/mol. The Hall–Kier alpha value is -3.65. The Kier molecular flexibility index (Phi) is 8.52. The normalized spacial score (nSPS) is 11.7. The lowest BCUT2D eigenvalue weighted by Gasteiger charge is -2.26. The Bertz CT molecular complexity index is 1570. The van der Waals surface area contributed by atoms with Gasteiger partial charge in [0, 0.05) is 10.0 Å². The third-order valence-electron chi connectivity index (χ3n) is 5.85. The van der Waals surface area contributed by atoms with Crippen molar-refractivity contribution in [3.05, 3.63) is 129 Å². The lowest BCUT2D eigenvalue weighted by molar-refractivity contribution is 0.0955. The van der Waals surface area contributed by atoms with E-state index in [0.29, 0.717) is 21.3 Å². The second-order valence-corrected chi connectivity index (χ2v) is 11.3. The van der Waals surface area contributed by atoms with Crippen LogP contribution in [-0.4, -0.2) is 20.0 Å². The van der Waals surface area contributed by atoms with Gasteiger partial charge in [-0.2, -0.15) is 5.10 Å². The second kappa shape index (κ2) is 11.8. The standard InChI is InChI=1S/C29H25Cl2N3O3S/c1-20-7-17-26(18-8-20)38(36,37)34(19-22-9-13-24(30)14-10-22)28-6-4-3-5-27(28)29(35)33-32-21(2)23-11-15-25(31)16-12-23/h3-18H,19H2,1-2H3,(H,33,35)/b32-21-. The molecule has 4 rings (SSSR count). The minimum atomic E-state index is -4.04. The Labute approximate surface area is 232 Å². The predicted octanol–water partition coefficient (Wildman–Crippen LogP) is 6.85. The number of hydrazone groups is 1. The summed E-state index contributed by atoms with van der Waals surface area (Å²) in [6.07, 6.45) is 0. The first-order chi connectivity index (χ1) is 18.1. The minimum absolute atomic E-state index is 0.00918. The van der Waals surface area contributed by atoms with Gasteiger partial charge in [0.25, 0.3) is 15.9 Å². The number of carbonyl (C=O) groups is 1. The second-order valence-electron chi connectivity index (χ2n) is 8.61. The van der Waals surface area contributed by atoms with Gasteiger partial charge in [0.2, 0.25) is 0 Å². The molecule has 38 heavy (non-hydrogen) atoms. The van der Waals surface area contributed by atoms with E-state index < -0.39 is 15.9 Å². The first kappa shape index (κ1) is 27.4. The molecule has 6 nitrogen and oxygen atoms in total. The Morgan fingerprint density at radius 1 is 0.842 bits per heavy atom. The van der Waals surface area contributed by atoms with Gasteiger partial charge in [-0.25, -0.2) is 13.8 Å². The SMILES string of the molecule is C/C(=N/NC(=O)c1ccccc1N(Cc1ccc(Cl)cc1)S(=O)(=O)c1ccc(C)cc1)c1ccc(Cl)cc1. The van der Waals surface area contributed by atoms with Gasteiger partial charge < -0.3 is 0 Å². The lowest BCUT2D eigenvalue weighted by Crippen LogP contribution is -2.33. The number of rotatable bonds is 8. The zero-order valence-corrected chi connectivity index (χ0v) is 23.1. The van der Waals surface area contributed by atoms with Crippen LogP contribution < -0.4 is 9.73 Å². The molecule has 0 saturated carbocycles. The smallest absolute Gasteiger partial charge is 0.267 e. The van der Waals surface area contributed by atoms with Crippen LogP contribution in [0.5, 0.6) is 0 Å². The molecule has 0 bridgehead atoms. The summed E-state index contributed by atoms with van der Waals surface area (Å²) < 4.78 is 29.0. The molecule has 0 spiro atoms. The number of anilines is 1. The highest BCUT2D eigenvalue weighted by Gasteiger charge is 2.28. The summed E-state index contributed by atoms with van der Waals surface area (Å²) in [7, 11) is -4.04. The summed E-state index contributed by atoms with van der Waals surface area (Å²) >= 11 is 12.0. The molecule has 9 heteroatoms. The third kappa shape index (κ3) is 6.42. The molecule has 4 aromatic carbocycles. The summed E-state index contributed by atoms with van der Waals surface area (Å²) in [5.41, 5.74) is 5.93. The van der Waals surface area contributed by atoms with Gasteiger partial charge in [-0.05, 0) is 73.5 Å². The number of nitrogens with zero attached hydrogens (tertiary/aromatic N) is 2. The maximum atomic E-state index is 13.9. The van der Waals surface area contributed by atoms with Crippen LogP contribution in [0.15, 0.2) is 107 Å². The molecule has 1 N–H and O–H groups in total. The number of carbonyl (C=O) groups excluding carboxylic acids is 1. The van der Waals surface area contributed by atoms with Gasteiger partial charge in [0.1, 0.15) is 0 Å². The fourth-order valence-corrected chi connectivity index (χ4v) is 5.45. The molecule has 194 valence electrons. The van der Waals surface area contributed by atoms with Crippen molar-refractivity contribution in [2.75, 3.05) is 4.31 Å². The van der Waals surface area contributed by atoms with Crippen molar-refractivity contribution in [3.63, 3.8) is 0 Å². The predicted molar refractivity (Wildman–Crippen MR) is 154 cm³/mol. The maximum absolute atomic E-state index is 13.9. The molecule has 0 saturated heterocycles. The molecule has 0 aliphatic carbocycles. The van der Waals surface area contributed by atoms with Crippen LogP contribution in [-0.2, 0) is 16.6 Å². The largest absolute Gasteiger partial charge is 0.273 e. The van der Waals surface area contributed by atoms with Crippen molar-refractivity contribution < 1.29 is 13.2 Å². The molecule has 0 atom stereocenters. The number of hydrogen-bond donors (Lipinski definition) is 1. The first-order valence-electron chi connectivity index (χ1n) is 11.7. The van der Waals surface area contributed by atoms with Crippen LogP contribution in [0.25, 0.3) is 0 Å². The molecule has 1 amide bonds. The average Bonchev–Trinajstić information content (AvgIpc) is 2.92. The average molecular weight is 567 g/mol. The molecule has 4 aromatic rings. The van der Waals surface area contributed by atoms with Crippen molar-refractivity contribution in [2.45, 2.75) is 25.3 Å². The van der Waals surface area contributed by atoms with Crippen molar-refractivity contribution in [3.8, 4) is 0 Å². The number of hydrogen-bond acceptors (Lipinski definition) is 4. The number of aryl methyl sites for hydroxylation is 1. The van der Waals surface area contributed by atoms with E-state index in [1.165, 1.54) is 4.31 Å². The molecular weight excluding hydrogens is 541 g/mol. The molecule has 0 radical (unpaired) electrons. The summed E-state index contributed by atoms with van der Waals surface area (Å²) in [6.45, 7) is 3.63. The highest BCUT2D eigenvalue weighted by molar-refractivity contribution is 7.92. The van der Waals surface area contributed by atoms with E-state index in [0.717, 1.165) is 11.1 Å². The Balaban J connectivity index is 1.73. The fourth-order valence-electron chi connectivity index (χ4n) is 3.73. The van der Waals surface area contributed by atoms with Crippen LogP contribution >= 0.6 is 23.2 Å². The van der Waals surface area contributed by atoms with Gasteiger partial charge in [-0.15, -0.1) is 0 Å². The summed E-state index contributed by atoms with van der Waals surface area (Å²) in [6, 6.07) is 27.1. The number of nitrogens with one attached hydrogen (secondary N) is 1. The van der Waals surface area contributed by atoms with Crippen LogP contribution in [0.1, 0.15) is 34.0 Å². The maximum Gasteiger partial charge on any atom is 0.273 e. The van der Waals surface area contributed by atoms with Crippen LogP contribution in [0.2, 0.25) is 10.0 Å². The van der Waals surface area contributed by atoms with E-state index in [2.05, 4.69) is 10.5 Å². The summed E-state index contributed by atoms with van der Waals surface area (Å²) in [5, 5.41) is 5.35. The van der Waals surface area contributed by atoms with Crippen molar-refractivity contribution in [1.82, 2.24) is 5.43 Å². The molecule has 0 aliphatic heterocycles. The number of para-hydroxylation sites is 1. The zero-order valence-electron chi connectivity index (χ0n) is 20.7. The van der Waals surface area contributed by atoms with Crippen LogP contribution in [0.3, 0.4) is 0 Å². The molecule has 0 aromatic heterocycles. The lowest BCUT2D eigenvalue weighted by atomic mass is 10.1. The van der Waals surface area contributed by atoms with Crippen LogP contribution in [0.4, 0.5) is 5.69 Å². The molecule has 0 unspecified atom stereocenters. The van der Waals surface area contributed by atoms with E-state index in [4.69, 9.17) is 23.2 Å². The highest BCUT2D eigenvalue weighted by Crippen LogP contribution is 2.30. The fraction of sp³-hybridized carbons (Fsp3) is 0.103. The van der Waals surface area contributed by atoms with E-state index in [1.807, 2.05) is 6.92 Å². The topological polar surface area (TPSA) is 78.8 Å². The van der Waals surface area contributed by atoms with Crippen LogP contribution in [0, 0.1) is 6.92 Å². The number of halogens is 2. The van der Waals surface area contributed by atoms with Gasteiger partial charge in [0.05, 0.1) is 28.4 Å². The van der Waals surface area contributed by atoms with Gasteiger partial charge >= 0.3 is 0 Å². The van der Waals surface area contributed by atoms with E-state index in [-0.39, 0.29) is 22.7 Å². The Morgan fingerprint density at radius 3 is 2.05 bits per heavy atom. The Morgan fingerprint density at radius 2 is 1.42 bits per heavy atom. The van der Waals surface area contributed by atoms with Gasteiger partial charge in [-0.1, -0.05) is 77.3 Å². The zero-order chi connectivity index (χ0) is 27.3. The first-order valence-corrected chi connectivity index (χ1v) is 13.9. The van der Waals surface area contributed by atoms with E-state index >= 15 is 0 Å². The molecule has 0 aliphatic rings. The number of benzene rings is 4. The summed E-state index contributed by atoms with van der Waals surface area (Å²) in [4.78, 5) is 13.4. The minimum Gasteiger partial charge on any atom is -0.267 e. The van der Waals surface area contributed by atoms with Crippen molar-refractivity contribution in [1.29, 1.82) is 0 Å². The molecule has 0 heterocycles. The third-order valence-corrected chi connectivity index (χ3v) is 8.13. The van der Waals surface area contributed by atoms with Crippen molar-refractivity contribution in [2.24, 2.45) is 5.10 Å². The summed E-state index contributed by atoms with van der Waals surface area (Å²) in [5.74, 6) is -0.547. The van der Waals surface area contributed by atoms with Gasteiger partial charge in [0.15, 0.2) is 0 Å². The number of amides is 1.